The molecule has 1 aliphatic heterocycles. The molecule has 0 radical (unpaired) electrons. The van der Waals surface area contributed by atoms with Crippen molar-refractivity contribution in [1.82, 2.24) is 0 Å². The van der Waals surface area contributed by atoms with Crippen LogP contribution in [0.1, 0.15) is 18.0 Å². The highest BCUT2D eigenvalue weighted by molar-refractivity contribution is 5.52. The third-order valence-corrected chi connectivity index (χ3v) is 2.37. The van der Waals surface area contributed by atoms with E-state index in [0.717, 1.165) is 12.0 Å². The Morgan fingerprint density at radius 3 is 3.07 bits per heavy atom. The molecule has 1 atom stereocenters. The van der Waals surface area contributed by atoms with Crippen molar-refractivity contribution < 1.29 is 14.6 Å². The minimum atomic E-state index is -0.0747. The Kier molecular flexibility index (Phi) is 2.21. The number of aromatic hydroxyl groups is 1. The van der Waals surface area contributed by atoms with Gasteiger partial charge in [0.2, 0.25) is 0 Å². The van der Waals surface area contributed by atoms with Gasteiger partial charge in [0.15, 0.2) is 0 Å². The van der Waals surface area contributed by atoms with Crippen molar-refractivity contribution in [2.24, 2.45) is 5.73 Å². The molecule has 0 spiro atoms. The standard InChI is InChI=1S/C10H13NO3/c1-13-8-4-6(12)5-9-10(8)7(11)2-3-14-9/h4-5,7,12H,2-3,11H2,1H3/t7-/m1/s1. The molecule has 1 aromatic carbocycles. The molecule has 14 heavy (non-hydrogen) atoms. The van der Waals surface area contributed by atoms with Gasteiger partial charge in [-0.15, -0.1) is 0 Å². The number of benzene rings is 1. The summed E-state index contributed by atoms with van der Waals surface area (Å²) in [6, 6.07) is 3.04. The third-order valence-electron chi connectivity index (χ3n) is 2.37. The van der Waals surface area contributed by atoms with Gasteiger partial charge in [-0.3, -0.25) is 0 Å². The molecule has 3 N–H and O–H groups in total. The molecule has 0 fully saturated rings. The molecule has 0 amide bonds. The summed E-state index contributed by atoms with van der Waals surface area (Å²) in [7, 11) is 1.55. The second-order valence-electron chi connectivity index (χ2n) is 3.30. The van der Waals surface area contributed by atoms with Crippen LogP contribution in [-0.2, 0) is 0 Å². The molecule has 0 saturated carbocycles. The number of phenols is 1. The first-order chi connectivity index (χ1) is 6.72. The molecule has 4 heteroatoms. The Bertz CT molecular complexity index is 334. The first-order valence-electron chi connectivity index (χ1n) is 4.51. The maximum Gasteiger partial charge on any atom is 0.131 e. The fraction of sp³-hybridized carbons (Fsp3) is 0.400. The van der Waals surface area contributed by atoms with Crippen LogP contribution in [0.5, 0.6) is 17.2 Å². The highest BCUT2D eigenvalue weighted by atomic mass is 16.5. The van der Waals surface area contributed by atoms with Crippen molar-refractivity contribution in [1.29, 1.82) is 0 Å². The molecular formula is C10H13NO3. The number of hydrogen-bond donors (Lipinski definition) is 2. The van der Waals surface area contributed by atoms with Crippen LogP contribution in [0.3, 0.4) is 0 Å². The predicted octanol–water partition coefficient (Wildman–Crippen LogP) is 1.18. The van der Waals surface area contributed by atoms with Gasteiger partial charge in [-0.1, -0.05) is 0 Å². The van der Waals surface area contributed by atoms with Gasteiger partial charge in [-0.25, -0.2) is 0 Å². The van der Waals surface area contributed by atoms with Crippen LogP contribution >= 0.6 is 0 Å². The van der Waals surface area contributed by atoms with Crippen molar-refractivity contribution in [3.05, 3.63) is 17.7 Å². The van der Waals surface area contributed by atoms with Gasteiger partial charge in [0.25, 0.3) is 0 Å². The summed E-state index contributed by atoms with van der Waals surface area (Å²) < 4.78 is 10.5. The average Bonchev–Trinajstić information content (AvgIpc) is 2.16. The average molecular weight is 195 g/mol. The molecule has 0 unspecified atom stereocenters. The van der Waals surface area contributed by atoms with Crippen molar-refractivity contribution in [2.75, 3.05) is 13.7 Å². The fourth-order valence-corrected chi connectivity index (χ4v) is 1.68. The zero-order chi connectivity index (χ0) is 10.1. The number of hydrogen-bond acceptors (Lipinski definition) is 4. The van der Waals surface area contributed by atoms with Crippen LogP contribution in [0.15, 0.2) is 12.1 Å². The second-order valence-corrected chi connectivity index (χ2v) is 3.30. The van der Waals surface area contributed by atoms with Crippen molar-refractivity contribution >= 4 is 0 Å². The first kappa shape index (κ1) is 9.15. The van der Waals surface area contributed by atoms with Gasteiger partial charge in [0.05, 0.1) is 19.3 Å². The van der Waals surface area contributed by atoms with Gasteiger partial charge in [0, 0.05) is 24.6 Å². The summed E-state index contributed by atoms with van der Waals surface area (Å²) in [6.07, 6.45) is 0.772. The Hall–Kier alpha value is -1.42. The van der Waals surface area contributed by atoms with E-state index in [1.54, 1.807) is 19.2 Å². The van der Waals surface area contributed by atoms with E-state index in [1.807, 2.05) is 0 Å². The van der Waals surface area contributed by atoms with Gasteiger partial charge < -0.3 is 20.3 Å². The lowest BCUT2D eigenvalue weighted by molar-refractivity contribution is 0.260. The van der Waals surface area contributed by atoms with E-state index in [9.17, 15) is 5.11 Å². The topological polar surface area (TPSA) is 64.7 Å². The molecule has 4 nitrogen and oxygen atoms in total. The molecule has 0 saturated heterocycles. The number of ether oxygens (including phenoxy) is 2. The quantitative estimate of drug-likeness (QED) is 0.706. The van der Waals surface area contributed by atoms with Crippen LogP contribution in [0, 0.1) is 0 Å². The van der Waals surface area contributed by atoms with E-state index in [4.69, 9.17) is 15.2 Å². The fourth-order valence-electron chi connectivity index (χ4n) is 1.68. The Labute approximate surface area is 82.2 Å². The van der Waals surface area contributed by atoms with Crippen LogP contribution in [0.4, 0.5) is 0 Å². The molecule has 0 aromatic heterocycles. The van der Waals surface area contributed by atoms with Crippen molar-refractivity contribution in [3.8, 4) is 17.2 Å². The van der Waals surface area contributed by atoms with Gasteiger partial charge in [-0.2, -0.15) is 0 Å². The van der Waals surface area contributed by atoms with Gasteiger partial charge in [0.1, 0.15) is 17.2 Å². The summed E-state index contributed by atoms with van der Waals surface area (Å²) in [5, 5.41) is 9.39. The maximum absolute atomic E-state index is 9.39. The lowest BCUT2D eigenvalue weighted by atomic mass is 10.00. The number of phenolic OH excluding ortho intramolecular Hbond substituents is 1. The van der Waals surface area contributed by atoms with Crippen LogP contribution in [0.2, 0.25) is 0 Å². The number of rotatable bonds is 1. The van der Waals surface area contributed by atoms with Crippen molar-refractivity contribution in [2.45, 2.75) is 12.5 Å². The molecule has 0 bridgehead atoms. The summed E-state index contributed by atoms with van der Waals surface area (Å²) in [5.74, 6) is 1.35. The molecule has 1 heterocycles. The van der Waals surface area contributed by atoms with E-state index in [0.29, 0.717) is 18.1 Å². The first-order valence-corrected chi connectivity index (χ1v) is 4.51. The highest BCUT2D eigenvalue weighted by Crippen LogP contribution is 2.40. The van der Waals surface area contributed by atoms with Gasteiger partial charge in [-0.05, 0) is 0 Å². The zero-order valence-corrected chi connectivity index (χ0v) is 7.99. The highest BCUT2D eigenvalue weighted by Gasteiger charge is 2.23. The van der Waals surface area contributed by atoms with Crippen LogP contribution < -0.4 is 15.2 Å². The second kappa shape index (κ2) is 3.38. The Morgan fingerprint density at radius 2 is 2.36 bits per heavy atom. The van der Waals surface area contributed by atoms with Crippen LogP contribution in [0.25, 0.3) is 0 Å². The van der Waals surface area contributed by atoms with Crippen molar-refractivity contribution in [3.63, 3.8) is 0 Å². The molecule has 1 aromatic rings. The van der Waals surface area contributed by atoms with E-state index in [-0.39, 0.29) is 11.8 Å². The number of nitrogens with two attached hydrogens (primary N) is 1. The molecule has 76 valence electrons. The summed E-state index contributed by atoms with van der Waals surface area (Å²) >= 11 is 0. The minimum Gasteiger partial charge on any atom is -0.508 e. The van der Waals surface area contributed by atoms with E-state index in [1.165, 1.54) is 0 Å². The monoisotopic (exact) mass is 195 g/mol. The summed E-state index contributed by atoms with van der Waals surface area (Å²) in [4.78, 5) is 0. The Morgan fingerprint density at radius 1 is 1.57 bits per heavy atom. The SMILES string of the molecule is COc1cc(O)cc2c1[C@H](N)CCO2. The van der Waals surface area contributed by atoms with E-state index in [2.05, 4.69) is 0 Å². The third kappa shape index (κ3) is 1.37. The smallest absolute Gasteiger partial charge is 0.131 e. The zero-order valence-electron chi connectivity index (χ0n) is 7.99. The van der Waals surface area contributed by atoms with E-state index < -0.39 is 0 Å². The predicted molar refractivity (Wildman–Crippen MR) is 51.7 cm³/mol. The molecular weight excluding hydrogens is 182 g/mol. The van der Waals surface area contributed by atoms with Gasteiger partial charge >= 0.3 is 0 Å². The van der Waals surface area contributed by atoms with Crippen LogP contribution in [-0.4, -0.2) is 18.8 Å². The number of fused-ring (bicyclic) bond motifs is 1. The maximum atomic E-state index is 9.39. The largest absolute Gasteiger partial charge is 0.508 e. The molecule has 2 rings (SSSR count). The molecule has 1 aliphatic rings. The molecule has 0 aliphatic carbocycles. The lowest BCUT2D eigenvalue weighted by Crippen LogP contribution is -2.21. The lowest BCUT2D eigenvalue weighted by Gasteiger charge is -2.24. The summed E-state index contributed by atoms with van der Waals surface area (Å²) in [5.41, 5.74) is 6.78. The Balaban J connectivity index is 2.55. The minimum absolute atomic E-state index is 0.0747. The van der Waals surface area contributed by atoms with E-state index >= 15 is 0 Å². The normalized spacial score (nSPS) is 19.7. The number of methoxy groups -OCH3 is 1. The summed E-state index contributed by atoms with van der Waals surface area (Å²) in [6.45, 7) is 0.584.